The predicted octanol–water partition coefficient (Wildman–Crippen LogP) is 7.27. The van der Waals surface area contributed by atoms with E-state index in [1.54, 1.807) is 0 Å². The van der Waals surface area contributed by atoms with Crippen molar-refractivity contribution in [2.45, 2.75) is 12.5 Å². The Labute approximate surface area is 187 Å². The predicted molar refractivity (Wildman–Crippen MR) is 128 cm³/mol. The first-order chi connectivity index (χ1) is 15.8. The smallest absolute Gasteiger partial charge is 0.153 e. The molecule has 0 saturated heterocycles. The summed E-state index contributed by atoms with van der Waals surface area (Å²) < 4.78 is 13.2. The standard InChI is InChI=1S/C29H23NO2/c1-2-31-29(22-15-7-10-18-25(22)32-26-19-11-8-16-23(26)29)27-21-14-6-9-17-24(21)30-28(27)20-12-4-3-5-13-20/h3-19,30H,2H2,1H3. The lowest BCUT2D eigenvalue weighted by Crippen LogP contribution is -2.36. The summed E-state index contributed by atoms with van der Waals surface area (Å²) in [5, 5.41) is 1.14. The molecular weight excluding hydrogens is 394 g/mol. The van der Waals surface area contributed by atoms with E-state index < -0.39 is 5.60 Å². The van der Waals surface area contributed by atoms with E-state index in [0.717, 1.165) is 50.3 Å². The molecule has 0 aliphatic carbocycles. The van der Waals surface area contributed by atoms with Crippen LogP contribution in [0.15, 0.2) is 103 Å². The number of H-pyrrole nitrogens is 1. The number of para-hydroxylation sites is 3. The van der Waals surface area contributed by atoms with Crippen molar-refractivity contribution in [3.05, 3.63) is 120 Å². The van der Waals surface area contributed by atoms with Gasteiger partial charge in [-0.1, -0.05) is 84.9 Å². The van der Waals surface area contributed by atoms with Crippen LogP contribution in [0.3, 0.4) is 0 Å². The Kier molecular flexibility index (Phi) is 4.37. The molecule has 0 saturated carbocycles. The molecule has 2 heterocycles. The van der Waals surface area contributed by atoms with Gasteiger partial charge in [-0.25, -0.2) is 0 Å². The van der Waals surface area contributed by atoms with Gasteiger partial charge >= 0.3 is 0 Å². The van der Waals surface area contributed by atoms with Crippen LogP contribution < -0.4 is 4.74 Å². The number of hydrogen-bond donors (Lipinski definition) is 1. The topological polar surface area (TPSA) is 34.2 Å². The van der Waals surface area contributed by atoms with E-state index in [4.69, 9.17) is 9.47 Å². The molecule has 1 aliphatic heterocycles. The maximum absolute atomic E-state index is 6.84. The van der Waals surface area contributed by atoms with Gasteiger partial charge in [0.1, 0.15) is 11.5 Å². The maximum Gasteiger partial charge on any atom is 0.153 e. The van der Waals surface area contributed by atoms with E-state index in [0.29, 0.717) is 6.61 Å². The van der Waals surface area contributed by atoms with Crippen molar-refractivity contribution in [3.8, 4) is 22.8 Å². The zero-order chi connectivity index (χ0) is 21.5. The van der Waals surface area contributed by atoms with Crippen LogP contribution in [-0.2, 0) is 10.3 Å². The van der Waals surface area contributed by atoms with Gasteiger partial charge in [-0.3, -0.25) is 0 Å². The highest BCUT2D eigenvalue weighted by Gasteiger charge is 2.47. The van der Waals surface area contributed by atoms with E-state index >= 15 is 0 Å². The lowest BCUT2D eigenvalue weighted by Gasteiger charge is -2.40. The van der Waals surface area contributed by atoms with Gasteiger partial charge in [0, 0.05) is 34.2 Å². The third-order valence-electron chi connectivity index (χ3n) is 6.23. The minimum atomic E-state index is -0.815. The van der Waals surface area contributed by atoms with Crippen LogP contribution in [-0.4, -0.2) is 11.6 Å². The minimum Gasteiger partial charge on any atom is -0.457 e. The van der Waals surface area contributed by atoms with Gasteiger partial charge in [-0.2, -0.15) is 0 Å². The monoisotopic (exact) mass is 417 g/mol. The second kappa shape index (κ2) is 7.40. The molecule has 0 radical (unpaired) electrons. The zero-order valence-corrected chi connectivity index (χ0v) is 17.8. The van der Waals surface area contributed by atoms with Gasteiger partial charge in [0.15, 0.2) is 5.60 Å². The number of nitrogens with one attached hydrogen (secondary N) is 1. The van der Waals surface area contributed by atoms with Crippen LogP contribution in [0.2, 0.25) is 0 Å². The Morgan fingerprint density at radius 1 is 0.719 bits per heavy atom. The van der Waals surface area contributed by atoms with Crippen molar-refractivity contribution in [3.63, 3.8) is 0 Å². The van der Waals surface area contributed by atoms with Gasteiger partial charge in [0.2, 0.25) is 0 Å². The molecule has 4 aromatic carbocycles. The van der Waals surface area contributed by atoms with E-state index in [1.165, 1.54) is 0 Å². The van der Waals surface area contributed by atoms with Crippen LogP contribution in [0.1, 0.15) is 23.6 Å². The van der Waals surface area contributed by atoms with Gasteiger partial charge in [0.05, 0.1) is 5.69 Å². The first-order valence-corrected chi connectivity index (χ1v) is 11.0. The van der Waals surface area contributed by atoms with E-state index in [2.05, 4.69) is 84.7 Å². The number of aromatic nitrogens is 1. The fraction of sp³-hybridized carbons (Fsp3) is 0.103. The number of rotatable bonds is 4. The summed E-state index contributed by atoms with van der Waals surface area (Å²) in [7, 11) is 0. The third kappa shape index (κ3) is 2.65. The summed E-state index contributed by atoms with van der Waals surface area (Å²) in [4.78, 5) is 3.70. The summed E-state index contributed by atoms with van der Waals surface area (Å²) in [6.07, 6.45) is 0. The van der Waals surface area contributed by atoms with Gasteiger partial charge in [0.25, 0.3) is 0 Å². The molecule has 1 aliphatic rings. The molecule has 3 nitrogen and oxygen atoms in total. The van der Waals surface area contributed by atoms with Crippen LogP contribution in [0.25, 0.3) is 22.2 Å². The van der Waals surface area contributed by atoms with Crippen molar-refractivity contribution in [1.82, 2.24) is 4.98 Å². The molecule has 156 valence electrons. The summed E-state index contributed by atoms with van der Waals surface area (Å²) in [6.45, 7) is 2.61. The Balaban J connectivity index is 1.80. The van der Waals surface area contributed by atoms with Crippen LogP contribution in [0, 0.1) is 0 Å². The average molecular weight is 418 g/mol. The highest BCUT2D eigenvalue weighted by molar-refractivity contribution is 5.94. The van der Waals surface area contributed by atoms with E-state index in [-0.39, 0.29) is 0 Å². The Hall–Kier alpha value is -3.82. The second-order valence-corrected chi connectivity index (χ2v) is 8.00. The van der Waals surface area contributed by atoms with Gasteiger partial charge in [-0.05, 0) is 30.7 Å². The molecule has 0 bridgehead atoms. The summed E-state index contributed by atoms with van der Waals surface area (Å²) >= 11 is 0. The molecule has 0 unspecified atom stereocenters. The molecule has 5 aromatic rings. The highest BCUT2D eigenvalue weighted by Crippen LogP contribution is 2.55. The number of benzene rings is 4. The number of hydrogen-bond acceptors (Lipinski definition) is 2. The SMILES string of the molecule is CCOC1(c2c(-c3ccccc3)[nH]c3ccccc23)c2ccccc2Oc2ccccc21. The van der Waals surface area contributed by atoms with Crippen molar-refractivity contribution in [2.75, 3.05) is 6.61 Å². The highest BCUT2D eigenvalue weighted by atomic mass is 16.5. The maximum atomic E-state index is 6.84. The lowest BCUT2D eigenvalue weighted by molar-refractivity contribution is 0.0162. The molecule has 0 amide bonds. The van der Waals surface area contributed by atoms with Crippen molar-refractivity contribution in [1.29, 1.82) is 0 Å². The first kappa shape index (κ1) is 18.9. The molecular formula is C29H23NO2. The Bertz CT molecular complexity index is 1370. The molecule has 0 spiro atoms. The molecule has 0 atom stereocenters. The van der Waals surface area contributed by atoms with Crippen molar-refractivity contribution < 1.29 is 9.47 Å². The quantitative estimate of drug-likeness (QED) is 0.334. The van der Waals surface area contributed by atoms with Gasteiger partial charge < -0.3 is 14.5 Å². The number of ether oxygens (including phenoxy) is 2. The number of fused-ring (bicyclic) bond motifs is 3. The zero-order valence-electron chi connectivity index (χ0n) is 17.8. The van der Waals surface area contributed by atoms with E-state index in [1.807, 2.05) is 30.3 Å². The largest absolute Gasteiger partial charge is 0.457 e. The molecule has 0 fully saturated rings. The Morgan fingerprint density at radius 2 is 1.31 bits per heavy atom. The minimum absolute atomic E-state index is 0.552. The lowest BCUT2D eigenvalue weighted by atomic mass is 9.76. The Morgan fingerprint density at radius 3 is 2.00 bits per heavy atom. The normalized spacial score (nSPS) is 13.9. The van der Waals surface area contributed by atoms with Gasteiger partial charge in [-0.15, -0.1) is 0 Å². The third-order valence-corrected chi connectivity index (χ3v) is 6.23. The summed E-state index contributed by atoms with van der Waals surface area (Å²) in [5.74, 6) is 1.65. The van der Waals surface area contributed by atoms with Crippen LogP contribution in [0.5, 0.6) is 11.5 Å². The molecule has 1 aromatic heterocycles. The van der Waals surface area contributed by atoms with Crippen LogP contribution >= 0.6 is 0 Å². The second-order valence-electron chi connectivity index (χ2n) is 8.00. The van der Waals surface area contributed by atoms with Crippen molar-refractivity contribution >= 4 is 10.9 Å². The molecule has 1 N–H and O–H groups in total. The van der Waals surface area contributed by atoms with Crippen molar-refractivity contribution in [2.24, 2.45) is 0 Å². The molecule has 3 heteroatoms. The average Bonchev–Trinajstić information content (AvgIpc) is 3.24. The molecule has 6 rings (SSSR count). The first-order valence-electron chi connectivity index (χ1n) is 11.0. The fourth-order valence-electron chi connectivity index (χ4n) is 5.00. The summed E-state index contributed by atoms with van der Waals surface area (Å²) in [6, 6.07) is 35.4. The van der Waals surface area contributed by atoms with Crippen LogP contribution in [0.4, 0.5) is 0 Å². The van der Waals surface area contributed by atoms with E-state index in [9.17, 15) is 0 Å². The summed E-state index contributed by atoms with van der Waals surface area (Å²) in [5.41, 5.74) is 5.60. The molecule has 32 heavy (non-hydrogen) atoms. The fourth-order valence-corrected chi connectivity index (χ4v) is 5.00. The number of aromatic amines is 1.